The van der Waals surface area contributed by atoms with Crippen molar-refractivity contribution in [2.45, 2.75) is 25.7 Å². The summed E-state index contributed by atoms with van der Waals surface area (Å²) >= 11 is 0. The SMILES string of the molecule is Cc1ccc2nnc(C3(C)CCNC3)n2n1. The first kappa shape index (κ1) is 9.72. The quantitative estimate of drug-likeness (QED) is 0.763. The first-order valence-electron chi connectivity index (χ1n) is 5.59. The lowest BCUT2D eigenvalue weighted by molar-refractivity contribution is 0.474. The number of hydrogen-bond acceptors (Lipinski definition) is 4. The molecule has 16 heavy (non-hydrogen) atoms. The standard InChI is InChI=1S/C11H15N5/c1-8-3-4-9-13-14-10(16(9)15-8)11(2)5-6-12-7-11/h3-4,12H,5-7H2,1-2H3. The van der Waals surface area contributed by atoms with E-state index >= 15 is 0 Å². The fraction of sp³-hybridized carbons (Fsp3) is 0.545. The third-order valence-corrected chi connectivity index (χ3v) is 3.30. The van der Waals surface area contributed by atoms with E-state index in [0.29, 0.717) is 0 Å². The van der Waals surface area contributed by atoms with Crippen molar-refractivity contribution < 1.29 is 0 Å². The Balaban J connectivity index is 2.19. The smallest absolute Gasteiger partial charge is 0.177 e. The average molecular weight is 217 g/mol. The molecule has 5 nitrogen and oxygen atoms in total. The monoisotopic (exact) mass is 217 g/mol. The Labute approximate surface area is 93.9 Å². The van der Waals surface area contributed by atoms with Crippen LogP contribution in [0.15, 0.2) is 12.1 Å². The zero-order valence-electron chi connectivity index (χ0n) is 9.56. The second kappa shape index (κ2) is 3.25. The second-order valence-electron chi connectivity index (χ2n) is 4.76. The number of nitrogens with one attached hydrogen (secondary N) is 1. The van der Waals surface area contributed by atoms with Gasteiger partial charge in [-0.05, 0) is 32.0 Å². The van der Waals surface area contributed by atoms with Crippen LogP contribution in [0.4, 0.5) is 0 Å². The van der Waals surface area contributed by atoms with Crippen LogP contribution < -0.4 is 5.32 Å². The molecule has 3 heterocycles. The Morgan fingerprint density at radius 2 is 2.25 bits per heavy atom. The number of hydrogen-bond donors (Lipinski definition) is 1. The van der Waals surface area contributed by atoms with Crippen molar-refractivity contribution in [1.82, 2.24) is 25.1 Å². The Kier molecular flexibility index (Phi) is 1.97. The van der Waals surface area contributed by atoms with Crippen LogP contribution in [0, 0.1) is 6.92 Å². The molecule has 84 valence electrons. The van der Waals surface area contributed by atoms with Crippen LogP contribution in [0.5, 0.6) is 0 Å². The summed E-state index contributed by atoms with van der Waals surface area (Å²) in [6.45, 7) is 6.19. The van der Waals surface area contributed by atoms with E-state index in [-0.39, 0.29) is 5.41 Å². The molecule has 0 bridgehead atoms. The van der Waals surface area contributed by atoms with Gasteiger partial charge in [-0.25, -0.2) is 0 Å². The lowest BCUT2D eigenvalue weighted by atomic mass is 9.89. The summed E-state index contributed by atoms with van der Waals surface area (Å²) < 4.78 is 1.88. The molecule has 0 saturated carbocycles. The third kappa shape index (κ3) is 1.31. The molecule has 3 rings (SSSR count). The van der Waals surface area contributed by atoms with E-state index < -0.39 is 0 Å². The summed E-state index contributed by atoms with van der Waals surface area (Å²) in [7, 11) is 0. The summed E-state index contributed by atoms with van der Waals surface area (Å²) in [5.74, 6) is 0.969. The molecule has 0 aromatic carbocycles. The number of fused-ring (bicyclic) bond motifs is 1. The van der Waals surface area contributed by atoms with E-state index in [0.717, 1.165) is 36.7 Å². The van der Waals surface area contributed by atoms with Gasteiger partial charge in [-0.2, -0.15) is 9.61 Å². The van der Waals surface area contributed by atoms with Gasteiger partial charge in [-0.15, -0.1) is 10.2 Å². The highest BCUT2D eigenvalue weighted by Crippen LogP contribution is 2.28. The molecule has 2 aromatic heterocycles. The van der Waals surface area contributed by atoms with Crippen molar-refractivity contribution in [3.8, 4) is 0 Å². The maximum Gasteiger partial charge on any atom is 0.177 e. The van der Waals surface area contributed by atoms with Gasteiger partial charge in [0.1, 0.15) is 0 Å². The summed E-state index contributed by atoms with van der Waals surface area (Å²) in [5, 5.41) is 16.3. The minimum Gasteiger partial charge on any atom is -0.316 e. The predicted octanol–water partition coefficient (Wildman–Crippen LogP) is 0.684. The van der Waals surface area contributed by atoms with E-state index in [1.54, 1.807) is 0 Å². The van der Waals surface area contributed by atoms with Crippen molar-refractivity contribution in [3.63, 3.8) is 0 Å². The maximum atomic E-state index is 4.49. The minimum atomic E-state index is 0.0558. The summed E-state index contributed by atoms with van der Waals surface area (Å²) in [6, 6.07) is 3.92. The summed E-state index contributed by atoms with van der Waals surface area (Å²) in [6.07, 6.45) is 1.09. The molecular weight excluding hydrogens is 202 g/mol. The molecule has 0 aliphatic carbocycles. The molecule has 1 aliphatic rings. The summed E-state index contributed by atoms with van der Waals surface area (Å²) in [4.78, 5) is 0. The van der Waals surface area contributed by atoms with Crippen LogP contribution in [-0.4, -0.2) is 32.9 Å². The van der Waals surface area contributed by atoms with Gasteiger partial charge < -0.3 is 5.32 Å². The van der Waals surface area contributed by atoms with Gasteiger partial charge >= 0.3 is 0 Å². The van der Waals surface area contributed by atoms with Gasteiger partial charge in [0, 0.05) is 12.0 Å². The van der Waals surface area contributed by atoms with Gasteiger partial charge in [0.15, 0.2) is 11.5 Å². The molecule has 1 atom stereocenters. The molecule has 2 aromatic rings. The van der Waals surface area contributed by atoms with Crippen LogP contribution in [0.1, 0.15) is 24.9 Å². The van der Waals surface area contributed by atoms with Gasteiger partial charge in [0.05, 0.1) is 5.69 Å². The highest BCUT2D eigenvalue weighted by molar-refractivity contribution is 5.37. The van der Waals surface area contributed by atoms with Crippen molar-refractivity contribution in [3.05, 3.63) is 23.7 Å². The Hall–Kier alpha value is -1.49. The topological polar surface area (TPSA) is 55.1 Å². The first-order valence-corrected chi connectivity index (χ1v) is 5.59. The van der Waals surface area contributed by atoms with Crippen LogP contribution in [0.25, 0.3) is 5.65 Å². The van der Waals surface area contributed by atoms with Crippen molar-refractivity contribution in [2.75, 3.05) is 13.1 Å². The number of aryl methyl sites for hydroxylation is 1. The van der Waals surface area contributed by atoms with Gasteiger partial charge in [-0.3, -0.25) is 0 Å². The van der Waals surface area contributed by atoms with Crippen LogP contribution in [0.2, 0.25) is 0 Å². The summed E-state index contributed by atoms with van der Waals surface area (Å²) in [5.41, 5.74) is 1.87. The van der Waals surface area contributed by atoms with Crippen molar-refractivity contribution in [1.29, 1.82) is 0 Å². The zero-order valence-corrected chi connectivity index (χ0v) is 9.56. The van der Waals surface area contributed by atoms with E-state index in [4.69, 9.17) is 0 Å². The Morgan fingerprint density at radius 3 is 3.00 bits per heavy atom. The largest absolute Gasteiger partial charge is 0.316 e. The van der Waals surface area contributed by atoms with Crippen molar-refractivity contribution in [2.24, 2.45) is 0 Å². The average Bonchev–Trinajstić information content (AvgIpc) is 2.84. The lowest BCUT2D eigenvalue weighted by Crippen LogP contribution is -2.28. The molecular formula is C11H15N5. The maximum absolute atomic E-state index is 4.49. The normalized spacial score (nSPS) is 25.4. The Bertz CT molecular complexity index is 524. The van der Waals surface area contributed by atoms with Gasteiger partial charge in [0.2, 0.25) is 0 Å². The first-order chi connectivity index (χ1) is 7.69. The van der Waals surface area contributed by atoms with Gasteiger partial charge in [0.25, 0.3) is 0 Å². The fourth-order valence-corrected chi connectivity index (χ4v) is 2.26. The minimum absolute atomic E-state index is 0.0558. The molecule has 0 amide bonds. The van der Waals surface area contributed by atoms with E-state index in [2.05, 4.69) is 27.5 Å². The third-order valence-electron chi connectivity index (χ3n) is 3.30. The molecule has 1 fully saturated rings. The molecule has 5 heteroatoms. The number of nitrogens with zero attached hydrogens (tertiary/aromatic N) is 4. The molecule has 1 aliphatic heterocycles. The van der Waals surface area contributed by atoms with E-state index in [1.165, 1.54) is 0 Å². The highest BCUT2D eigenvalue weighted by atomic mass is 15.4. The van der Waals surface area contributed by atoms with Crippen LogP contribution >= 0.6 is 0 Å². The van der Waals surface area contributed by atoms with E-state index in [9.17, 15) is 0 Å². The molecule has 1 saturated heterocycles. The number of rotatable bonds is 1. The Morgan fingerprint density at radius 1 is 1.38 bits per heavy atom. The molecule has 0 spiro atoms. The lowest BCUT2D eigenvalue weighted by Gasteiger charge is -2.19. The molecule has 1 N–H and O–H groups in total. The highest BCUT2D eigenvalue weighted by Gasteiger charge is 2.35. The van der Waals surface area contributed by atoms with Crippen LogP contribution in [0.3, 0.4) is 0 Å². The molecule has 1 unspecified atom stereocenters. The van der Waals surface area contributed by atoms with Crippen LogP contribution in [-0.2, 0) is 5.41 Å². The number of aromatic nitrogens is 4. The fourth-order valence-electron chi connectivity index (χ4n) is 2.26. The molecule has 0 radical (unpaired) electrons. The second-order valence-corrected chi connectivity index (χ2v) is 4.76. The zero-order chi connectivity index (χ0) is 11.2. The predicted molar refractivity (Wildman–Crippen MR) is 60.4 cm³/mol. The van der Waals surface area contributed by atoms with Crippen molar-refractivity contribution >= 4 is 5.65 Å². The van der Waals surface area contributed by atoms with Gasteiger partial charge in [-0.1, -0.05) is 6.92 Å². The van der Waals surface area contributed by atoms with E-state index in [1.807, 2.05) is 23.6 Å².